The summed E-state index contributed by atoms with van der Waals surface area (Å²) in [6.45, 7) is -0.295. The Morgan fingerprint density at radius 2 is 1.67 bits per heavy atom. The summed E-state index contributed by atoms with van der Waals surface area (Å²) in [4.78, 5) is 25.3. The van der Waals surface area contributed by atoms with Gasteiger partial charge in [-0.1, -0.05) is 41.9 Å². The van der Waals surface area contributed by atoms with E-state index in [1.807, 2.05) is 0 Å². The molecule has 2 aromatic rings. The molecule has 0 atom stereocenters. The highest BCUT2D eigenvalue weighted by molar-refractivity contribution is 6.33. The van der Waals surface area contributed by atoms with Crippen molar-refractivity contribution in [2.75, 3.05) is 13.6 Å². The molecule has 0 radical (unpaired) electrons. The molecule has 0 aliphatic rings. The largest absolute Gasteiger partial charge is 0.416 e. The van der Waals surface area contributed by atoms with Crippen molar-refractivity contribution in [1.82, 2.24) is 15.8 Å². The van der Waals surface area contributed by atoms with E-state index in [0.29, 0.717) is 0 Å². The molecular formula is C18H17ClF3N3O2. The lowest BCUT2D eigenvalue weighted by Gasteiger charge is -2.19. The van der Waals surface area contributed by atoms with E-state index in [0.717, 1.165) is 6.07 Å². The first-order valence-corrected chi connectivity index (χ1v) is 8.23. The normalized spacial score (nSPS) is 11.3. The van der Waals surface area contributed by atoms with Crippen LogP contribution < -0.4 is 10.9 Å². The maximum absolute atomic E-state index is 13.0. The summed E-state index contributed by atoms with van der Waals surface area (Å²) in [5.41, 5.74) is 3.92. The first-order valence-electron chi connectivity index (χ1n) is 7.86. The summed E-state index contributed by atoms with van der Waals surface area (Å²) in [5, 5.41) is 0.227. The Hall–Kier alpha value is -2.58. The van der Waals surface area contributed by atoms with E-state index in [-0.39, 0.29) is 29.2 Å². The number of hydrazine groups is 1. The van der Waals surface area contributed by atoms with Gasteiger partial charge >= 0.3 is 6.18 Å². The zero-order valence-corrected chi connectivity index (χ0v) is 15.1. The molecule has 27 heavy (non-hydrogen) atoms. The van der Waals surface area contributed by atoms with Gasteiger partial charge in [-0.15, -0.1) is 0 Å². The van der Waals surface area contributed by atoms with E-state index >= 15 is 0 Å². The van der Waals surface area contributed by atoms with Gasteiger partial charge in [-0.2, -0.15) is 13.2 Å². The van der Waals surface area contributed by atoms with E-state index < -0.39 is 23.6 Å². The molecule has 9 heteroatoms. The molecule has 2 aromatic carbocycles. The van der Waals surface area contributed by atoms with Crippen LogP contribution in [0.25, 0.3) is 0 Å². The maximum atomic E-state index is 13.0. The van der Waals surface area contributed by atoms with Gasteiger partial charge in [0.15, 0.2) is 0 Å². The van der Waals surface area contributed by atoms with Crippen LogP contribution in [0.5, 0.6) is 0 Å². The van der Waals surface area contributed by atoms with E-state index in [2.05, 4.69) is 10.9 Å². The predicted molar refractivity (Wildman–Crippen MR) is 94.8 cm³/mol. The van der Waals surface area contributed by atoms with Crippen LogP contribution in [0.15, 0.2) is 48.5 Å². The Morgan fingerprint density at radius 3 is 2.33 bits per heavy atom. The Labute approximate surface area is 159 Å². The minimum Gasteiger partial charge on any atom is -0.293 e. The van der Waals surface area contributed by atoms with Crippen LogP contribution in [-0.4, -0.2) is 30.3 Å². The smallest absolute Gasteiger partial charge is 0.293 e. The molecule has 0 saturated carbocycles. The van der Waals surface area contributed by atoms with Gasteiger partial charge in [-0.25, -0.2) is 0 Å². The number of nitrogens with one attached hydrogen (secondary N) is 2. The van der Waals surface area contributed by atoms with E-state index in [9.17, 15) is 22.8 Å². The summed E-state index contributed by atoms with van der Waals surface area (Å²) in [7, 11) is 1.50. The van der Waals surface area contributed by atoms with Crippen molar-refractivity contribution in [3.05, 3.63) is 70.2 Å². The summed E-state index contributed by atoms with van der Waals surface area (Å²) < 4.78 is 39.0. The maximum Gasteiger partial charge on any atom is 0.416 e. The summed E-state index contributed by atoms with van der Waals surface area (Å²) in [6, 6.07) is 11.5. The lowest BCUT2D eigenvalue weighted by Crippen LogP contribution is -2.45. The molecule has 2 amide bonds. The van der Waals surface area contributed by atoms with E-state index in [1.165, 1.54) is 42.3 Å². The molecule has 0 aliphatic carbocycles. The van der Waals surface area contributed by atoms with Crippen LogP contribution in [0.2, 0.25) is 5.02 Å². The SMILES string of the molecule is CN(CC(=O)NNC(=O)c1ccccc1Cl)Cc1ccccc1C(F)(F)F. The summed E-state index contributed by atoms with van der Waals surface area (Å²) in [5.74, 6) is -1.18. The topological polar surface area (TPSA) is 61.4 Å². The number of hydrogen-bond acceptors (Lipinski definition) is 3. The Kier molecular flexibility index (Phi) is 6.81. The molecule has 2 rings (SSSR count). The highest BCUT2D eigenvalue weighted by atomic mass is 35.5. The second-order valence-corrected chi connectivity index (χ2v) is 6.22. The number of rotatable bonds is 5. The number of amides is 2. The molecule has 0 aromatic heterocycles. The molecular weight excluding hydrogens is 383 g/mol. The minimum absolute atomic E-state index is 0.0559. The number of carbonyl (C=O) groups is 2. The molecule has 0 aliphatic heterocycles. The highest BCUT2D eigenvalue weighted by Gasteiger charge is 2.33. The van der Waals surface area contributed by atoms with Crippen molar-refractivity contribution in [1.29, 1.82) is 0 Å². The fraction of sp³-hybridized carbons (Fsp3) is 0.222. The Morgan fingerprint density at radius 1 is 1.04 bits per heavy atom. The fourth-order valence-corrected chi connectivity index (χ4v) is 2.63. The third kappa shape index (κ3) is 5.97. The molecule has 0 spiro atoms. The average Bonchev–Trinajstić information content (AvgIpc) is 2.59. The molecule has 2 N–H and O–H groups in total. The molecule has 144 valence electrons. The first kappa shape index (κ1) is 20.7. The molecule has 0 heterocycles. The molecule has 0 saturated heterocycles. The third-order valence-corrected chi connectivity index (χ3v) is 3.94. The number of nitrogens with zero attached hydrogens (tertiary/aromatic N) is 1. The molecule has 0 fully saturated rings. The van der Waals surface area contributed by atoms with Crippen molar-refractivity contribution in [2.45, 2.75) is 12.7 Å². The number of halogens is 4. The Bertz CT molecular complexity index is 827. The van der Waals surface area contributed by atoms with Crippen molar-refractivity contribution in [3.8, 4) is 0 Å². The van der Waals surface area contributed by atoms with E-state index in [4.69, 9.17) is 11.6 Å². The van der Waals surface area contributed by atoms with Gasteiger partial charge in [0.1, 0.15) is 0 Å². The van der Waals surface area contributed by atoms with Crippen LogP contribution in [-0.2, 0) is 17.5 Å². The van der Waals surface area contributed by atoms with Gasteiger partial charge < -0.3 is 0 Å². The number of carbonyl (C=O) groups excluding carboxylic acids is 2. The highest BCUT2D eigenvalue weighted by Crippen LogP contribution is 2.32. The van der Waals surface area contributed by atoms with Gasteiger partial charge in [-0.05, 0) is 30.8 Å². The van der Waals surface area contributed by atoms with Crippen molar-refractivity contribution >= 4 is 23.4 Å². The average molecular weight is 400 g/mol. The van der Waals surface area contributed by atoms with Gasteiger partial charge in [0.25, 0.3) is 11.8 Å². The van der Waals surface area contributed by atoms with Crippen molar-refractivity contribution < 1.29 is 22.8 Å². The lowest BCUT2D eigenvalue weighted by molar-refractivity contribution is -0.138. The standard InChI is InChI=1S/C18H17ClF3N3O2/c1-25(10-12-6-2-4-8-14(12)18(20,21)22)11-16(26)23-24-17(27)13-7-3-5-9-15(13)19/h2-9H,10-11H2,1H3,(H,23,26)(H,24,27). The number of alkyl halides is 3. The number of likely N-dealkylation sites (N-methyl/N-ethyl adjacent to an activating group) is 1. The van der Waals surface area contributed by atoms with Crippen molar-refractivity contribution in [3.63, 3.8) is 0 Å². The first-order chi connectivity index (χ1) is 12.7. The number of hydrogen-bond donors (Lipinski definition) is 2. The lowest BCUT2D eigenvalue weighted by atomic mass is 10.1. The van der Waals surface area contributed by atoms with Gasteiger partial charge in [0.05, 0.1) is 22.7 Å². The van der Waals surface area contributed by atoms with Crippen LogP contribution in [0, 0.1) is 0 Å². The van der Waals surface area contributed by atoms with Crippen molar-refractivity contribution in [2.24, 2.45) is 0 Å². The molecule has 5 nitrogen and oxygen atoms in total. The zero-order chi connectivity index (χ0) is 20.0. The van der Waals surface area contributed by atoms with Crippen LogP contribution in [0.1, 0.15) is 21.5 Å². The minimum atomic E-state index is -4.47. The van der Waals surface area contributed by atoms with E-state index in [1.54, 1.807) is 12.1 Å². The quantitative estimate of drug-likeness (QED) is 0.759. The van der Waals surface area contributed by atoms with Crippen LogP contribution in [0.3, 0.4) is 0 Å². The monoisotopic (exact) mass is 399 g/mol. The predicted octanol–water partition coefficient (Wildman–Crippen LogP) is 3.25. The summed E-state index contributed by atoms with van der Waals surface area (Å²) >= 11 is 5.89. The van der Waals surface area contributed by atoms with Gasteiger partial charge in [-0.3, -0.25) is 25.3 Å². The second-order valence-electron chi connectivity index (χ2n) is 5.81. The Balaban J connectivity index is 1.90. The fourth-order valence-electron chi connectivity index (χ4n) is 2.41. The molecule has 0 bridgehead atoms. The zero-order valence-electron chi connectivity index (χ0n) is 14.3. The summed E-state index contributed by atoms with van der Waals surface area (Å²) in [6.07, 6.45) is -4.47. The third-order valence-electron chi connectivity index (χ3n) is 3.61. The van der Waals surface area contributed by atoms with Crippen LogP contribution in [0.4, 0.5) is 13.2 Å². The van der Waals surface area contributed by atoms with Gasteiger partial charge in [0, 0.05) is 6.54 Å². The molecule has 0 unspecified atom stereocenters. The van der Waals surface area contributed by atoms with Gasteiger partial charge in [0.2, 0.25) is 0 Å². The second kappa shape index (κ2) is 8.88. The van der Waals surface area contributed by atoms with Crippen LogP contribution >= 0.6 is 11.6 Å². The number of benzene rings is 2.